The van der Waals surface area contributed by atoms with Crippen LogP contribution in [0, 0.1) is 5.41 Å². The first-order chi connectivity index (χ1) is 9.53. The Morgan fingerprint density at radius 1 is 1.20 bits per heavy atom. The molecule has 0 saturated carbocycles. The number of nitrogens with zero attached hydrogens (tertiary/aromatic N) is 2. The minimum atomic E-state index is 0.394. The molecule has 1 heterocycles. The van der Waals surface area contributed by atoms with Gasteiger partial charge in [0, 0.05) is 38.9 Å². The highest BCUT2D eigenvalue weighted by atomic mass is 16.5. The van der Waals surface area contributed by atoms with Crippen molar-refractivity contribution in [2.45, 2.75) is 39.7 Å². The van der Waals surface area contributed by atoms with Gasteiger partial charge in [-0.05, 0) is 52.4 Å². The monoisotopic (exact) mass is 285 g/mol. The molecule has 1 aliphatic heterocycles. The van der Waals surface area contributed by atoms with Gasteiger partial charge < -0.3 is 15.0 Å². The van der Waals surface area contributed by atoms with Crippen LogP contribution in [0.15, 0.2) is 0 Å². The first kappa shape index (κ1) is 17.9. The summed E-state index contributed by atoms with van der Waals surface area (Å²) in [6.45, 7) is 14.3. The molecular formula is C16H35N3O. The van der Waals surface area contributed by atoms with Gasteiger partial charge in [0.15, 0.2) is 0 Å². The lowest BCUT2D eigenvalue weighted by molar-refractivity contribution is -0.0111. The Labute approximate surface area is 125 Å². The second kappa shape index (κ2) is 8.98. The standard InChI is InChI=1S/C16H35N3O/c1-6-17-13-16(8-10-20-11-9-16)14-19(7-2)15(3)12-18(4)5/h15,17H,6-14H2,1-5H3. The molecule has 0 bridgehead atoms. The molecule has 120 valence electrons. The second-order valence-electron chi connectivity index (χ2n) is 6.57. The van der Waals surface area contributed by atoms with Crippen LogP contribution in [0.2, 0.25) is 0 Å². The van der Waals surface area contributed by atoms with Crippen LogP contribution in [0.3, 0.4) is 0 Å². The van der Waals surface area contributed by atoms with Gasteiger partial charge in [-0.15, -0.1) is 0 Å². The maximum atomic E-state index is 5.59. The summed E-state index contributed by atoms with van der Waals surface area (Å²) < 4.78 is 5.59. The molecular weight excluding hydrogens is 250 g/mol. The third-order valence-corrected chi connectivity index (χ3v) is 4.50. The summed E-state index contributed by atoms with van der Waals surface area (Å²) >= 11 is 0. The quantitative estimate of drug-likeness (QED) is 0.697. The average molecular weight is 285 g/mol. The van der Waals surface area contributed by atoms with Crippen molar-refractivity contribution in [3.05, 3.63) is 0 Å². The summed E-state index contributed by atoms with van der Waals surface area (Å²) in [7, 11) is 4.32. The van der Waals surface area contributed by atoms with E-state index in [9.17, 15) is 0 Å². The largest absolute Gasteiger partial charge is 0.381 e. The Hall–Kier alpha value is -0.160. The van der Waals surface area contributed by atoms with Gasteiger partial charge in [-0.2, -0.15) is 0 Å². The van der Waals surface area contributed by atoms with Crippen molar-refractivity contribution in [2.24, 2.45) is 5.41 Å². The number of nitrogens with one attached hydrogen (secondary N) is 1. The van der Waals surface area contributed by atoms with Crippen molar-refractivity contribution in [2.75, 3.05) is 60.0 Å². The lowest BCUT2D eigenvalue weighted by Gasteiger charge is -2.43. The first-order valence-electron chi connectivity index (χ1n) is 8.20. The summed E-state index contributed by atoms with van der Waals surface area (Å²) in [5.41, 5.74) is 0.394. The highest BCUT2D eigenvalue weighted by Gasteiger charge is 2.34. The van der Waals surface area contributed by atoms with E-state index in [1.165, 1.54) is 19.4 Å². The summed E-state index contributed by atoms with van der Waals surface area (Å²) in [6, 6.07) is 0.608. The SMILES string of the molecule is CCNCC1(CN(CC)C(C)CN(C)C)CCOCC1. The topological polar surface area (TPSA) is 27.7 Å². The van der Waals surface area contributed by atoms with Crippen molar-refractivity contribution in [3.8, 4) is 0 Å². The fourth-order valence-corrected chi connectivity index (χ4v) is 3.24. The molecule has 1 unspecified atom stereocenters. The highest BCUT2D eigenvalue weighted by molar-refractivity contribution is 4.88. The molecule has 0 spiro atoms. The van der Waals surface area contributed by atoms with E-state index in [0.29, 0.717) is 11.5 Å². The summed E-state index contributed by atoms with van der Waals surface area (Å²) in [6.07, 6.45) is 2.37. The number of ether oxygens (including phenoxy) is 1. The van der Waals surface area contributed by atoms with Crippen LogP contribution >= 0.6 is 0 Å². The molecule has 1 aliphatic rings. The molecule has 1 saturated heterocycles. The average Bonchev–Trinajstić information content (AvgIpc) is 2.43. The Balaban J connectivity index is 2.65. The molecule has 1 rings (SSSR count). The lowest BCUT2D eigenvalue weighted by Crippen LogP contribution is -2.51. The summed E-state index contributed by atoms with van der Waals surface area (Å²) in [4.78, 5) is 4.93. The van der Waals surface area contributed by atoms with Crippen molar-refractivity contribution in [1.82, 2.24) is 15.1 Å². The van der Waals surface area contributed by atoms with Gasteiger partial charge in [-0.3, -0.25) is 4.90 Å². The van der Waals surface area contributed by atoms with Crippen molar-refractivity contribution >= 4 is 0 Å². The predicted octanol–water partition coefficient (Wildman–Crippen LogP) is 1.66. The number of hydrogen-bond donors (Lipinski definition) is 1. The highest BCUT2D eigenvalue weighted by Crippen LogP contribution is 2.31. The maximum absolute atomic E-state index is 5.59. The zero-order valence-electron chi connectivity index (χ0n) is 14.2. The fraction of sp³-hybridized carbons (Fsp3) is 1.00. The Kier molecular flexibility index (Phi) is 8.03. The Morgan fingerprint density at radius 2 is 1.85 bits per heavy atom. The molecule has 1 N–H and O–H groups in total. The van der Waals surface area contributed by atoms with Crippen LogP contribution in [0.5, 0.6) is 0 Å². The van der Waals surface area contributed by atoms with E-state index in [0.717, 1.165) is 39.4 Å². The smallest absolute Gasteiger partial charge is 0.0472 e. The minimum absolute atomic E-state index is 0.394. The zero-order valence-corrected chi connectivity index (χ0v) is 14.2. The van der Waals surface area contributed by atoms with Gasteiger partial charge in [0.05, 0.1) is 0 Å². The number of likely N-dealkylation sites (N-methyl/N-ethyl adjacent to an activating group) is 2. The third kappa shape index (κ3) is 5.68. The molecule has 0 radical (unpaired) electrons. The van der Waals surface area contributed by atoms with Gasteiger partial charge in [-0.1, -0.05) is 13.8 Å². The van der Waals surface area contributed by atoms with Crippen LogP contribution < -0.4 is 5.32 Å². The van der Waals surface area contributed by atoms with E-state index in [2.05, 4.69) is 50.0 Å². The first-order valence-corrected chi connectivity index (χ1v) is 8.20. The van der Waals surface area contributed by atoms with Crippen LogP contribution in [-0.2, 0) is 4.74 Å². The van der Waals surface area contributed by atoms with Crippen LogP contribution in [0.1, 0.15) is 33.6 Å². The van der Waals surface area contributed by atoms with Crippen LogP contribution in [0.4, 0.5) is 0 Å². The third-order valence-electron chi connectivity index (χ3n) is 4.50. The molecule has 4 heteroatoms. The van der Waals surface area contributed by atoms with Crippen LogP contribution in [-0.4, -0.2) is 75.9 Å². The van der Waals surface area contributed by atoms with Gasteiger partial charge in [-0.25, -0.2) is 0 Å². The second-order valence-corrected chi connectivity index (χ2v) is 6.57. The summed E-state index contributed by atoms with van der Waals surface area (Å²) in [5.74, 6) is 0. The number of rotatable bonds is 9. The van der Waals surface area contributed by atoms with E-state index in [1.54, 1.807) is 0 Å². The maximum Gasteiger partial charge on any atom is 0.0472 e. The Bertz CT molecular complexity index is 252. The van der Waals surface area contributed by atoms with Gasteiger partial charge >= 0.3 is 0 Å². The van der Waals surface area contributed by atoms with Gasteiger partial charge in [0.1, 0.15) is 0 Å². The minimum Gasteiger partial charge on any atom is -0.381 e. The molecule has 1 atom stereocenters. The molecule has 0 aliphatic carbocycles. The van der Waals surface area contributed by atoms with Crippen molar-refractivity contribution < 1.29 is 4.74 Å². The van der Waals surface area contributed by atoms with E-state index in [4.69, 9.17) is 4.74 Å². The summed E-state index contributed by atoms with van der Waals surface area (Å²) in [5, 5.41) is 3.58. The van der Waals surface area contributed by atoms with Crippen molar-refractivity contribution in [3.63, 3.8) is 0 Å². The molecule has 0 aromatic rings. The molecule has 0 aromatic heterocycles. The van der Waals surface area contributed by atoms with Crippen molar-refractivity contribution in [1.29, 1.82) is 0 Å². The fourth-order valence-electron chi connectivity index (χ4n) is 3.24. The number of hydrogen-bond acceptors (Lipinski definition) is 4. The van der Waals surface area contributed by atoms with Gasteiger partial charge in [0.25, 0.3) is 0 Å². The zero-order chi connectivity index (χ0) is 15.0. The lowest BCUT2D eigenvalue weighted by atomic mass is 9.79. The molecule has 4 nitrogen and oxygen atoms in total. The van der Waals surface area contributed by atoms with Gasteiger partial charge in [0.2, 0.25) is 0 Å². The van der Waals surface area contributed by atoms with E-state index >= 15 is 0 Å². The van der Waals surface area contributed by atoms with E-state index in [-0.39, 0.29) is 0 Å². The normalized spacial score (nSPS) is 20.6. The molecule has 0 amide bonds. The van der Waals surface area contributed by atoms with E-state index in [1.807, 2.05) is 0 Å². The Morgan fingerprint density at radius 3 is 2.35 bits per heavy atom. The van der Waals surface area contributed by atoms with Crippen LogP contribution in [0.25, 0.3) is 0 Å². The predicted molar refractivity (Wildman–Crippen MR) is 86.3 cm³/mol. The van der Waals surface area contributed by atoms with E-state index < -0.39 is 0 Å². The molecule has 0 aromatic carbocycles. The molecule has 20 heavy (non-hydrogen) atoms. The molecule has 1 fully saturated rings.